The van der Waals surface area contributed by atoms with Gasteiger partial charge in [0.25, 0.3) is 5.91 Å². The van der Waals surface area contributed by atoms with Crippen molar-refractivity contribution < 1.29 is 29.3 Å². The monoisotopic (exact) mass is 359 g/mol. The fourth-order valence-electron chi connectivity index (χ4n) is 2.94. The zero-order valence-corrected chi connectivity index (χ0v) is 14.2. The van der Waals surface area contributed by atoms with Gasteiger partial charge >= 0.3 is 5.97 Å². The van der Waals surface area contributed by atoms with E-state index in [1.165, 1.54) is 19.1 Å². The Labute approximate surface area is 148 Å². The Bertz CT molecular complexity index is 852. The lowest BCUT2D eigenvalue weighted by atomic mass is 9.95. The first-order chi connectivity index (χ1) is 12.5. The van der Waals surface area contributed by atoms with Gasteiger partial charge in [-0.15, -0.1) is 0 Å². The minimum Gasteiger partial charge on any atom is -0.496 e. The number of amides is 1. The standard InChI is InChI=1S/C17H17N3O6/c1-25-13-3-4-14(26-2)15-9(13)7-20(8-12(15)21)16(22)10-5-19-11(6-18-10)17(23)24/h3-6,12,21H,7-8H2,1-2H3,(H,23,24). The third kappa shape index (κ3) is 3.04. The number of carbonyl (C=O) groups is 2. The van der Waals surface area contributed by atoms with E-state index in [-0.39, 0.29) is 24.5 Å². The molecule has 0 saturated carbocycles. The molecule has 3 rings (SSSR count). The van der Waals surface area contributed by atoms with E-state index in [9.17, 15) is 14.7 Å². The van der Waals surface area contributed by atoms with E-state index in [4.69, 9.17) is 14.6 Å². The van der Waals surface area contributed by atoms with Crippen molar-refractivity contribution >= 4 is 11.9 Å². The number of ether oxygens (including phenoxy) is 2. The fraction of sp³-hybridized carbons (Fsp3) is 0.294. The third-order valence-electron chi connectivity index (χ3n) is 4.17. The predicted molar refractivity (Wildman–Crippen MR) is 88.2 cm³/mol. The Kier molecular flexibility index (Phi) is 4.72. The first kappa shape index (κ1) is 17.6. The number of aliphatic hydroxyl groups is 1. The molecular formula is C17H17N3O6. The Morgan fingerprint density at radius 3 is 2.31 bits per heavy atom. The highest BCUT2D eigenvalue weighted by Crippen LogP contribution is 2.39. The Morgan fingerprint density at radius 2 is 1.73 bits per heavy atom. The number of fused-ring (bicyclic) bond motifs is 1. The number of carbonyl (C=O) groups excluding carboxylic acids is 1. The van der Waals surface area contributed by atoms with Gasteiger partial charge in [0.2, 0.25) is 0 Å². The van der Waals surface area contributed by atoms with Crippen molar-refractivity contribution in [2.75, 3.05) is 20.8 Å². The molecule has 9 nitrogen and oxygen atoms in total. The smallest absolute Gasteiger partial charge is 0.356 e. The summed E-state index contributed by atoms with van der Waals surface area (Å²) >= 11 is 0. The number of aliphatic hydroxyl groups excluding tert-OH is 1. The second-order valence-corrected chi connectivity index (χ2v) is 5.66. The lowest BCUT2D eigenvalue weighted by molar-refractivity contribution is 0.0532. The SMILES string of the molecule is COc1ccc(OC)c2c1CN(C(=O)c1cnc(C(=O)O)cn1)CC2O. The summed E-state index contributed by atoms with van der Waals surface area (Å²) in [6.45, 7) is 0.228. The van der Waals surface area contributed by atoms with Crippen molar-refractivity contribution in [1.29, 1.82) is 0 Å². The van der Waals surface area contributed by atoms with E-state index in [0.717, 1.165) is 12.4 Å². The van der Waals surface area contributed by atoms with Crippen LogP contribution in [-0.2, 0) is 6.54 Å². The minimum absolute atomic E-state index is 0.00693. The molecule has 1 aromatic heterocycles. The number of benzene rings is 1. The molecule has 2 heterocycles. The number of hydrogen-bond donors (Lipinski definition) is 2. The van der Waals surface area contributed by atoms with Crippen LogP contribution in [0.1, 0.15) is 38.2 Å². The second kappa shape index (κ2) is 6.96. The average Bonchev–Trinajstić information content (AvgIpc) is 2.66. The first-order valence-electron chi connectivity index (χ1n) is 7.72. The van der Waals surface area contributed by atoms with Crippen LogP contribution in [0.25, 0.3) is 0 Å². The number of rotatable bonds is 4. The second-order valence-electron chi connectivity index (χ2n) is 5.66. The topological polar surface area (TPSA) is 122 Å². The molecule has 1 aliphatic heterocycles. The van der Waals surface area contributed by atoms with E-state index >= 15 is 0 Å². The molecule has 1 amide bonds. The molecule has 0 radical (unpaired) electrons. The molecule has 1 atom stereocenters. The van der Waals surface area contributed by atoms with Gasteiger partial charge in [0.15, 0.2) is 5.69 Å². The maximum atomic E-state index is 12.7. The van der Waals surface area contributed by atoms with Gasteiger partial charge < -0.3 is 24.6 Å². The molecule has 0 spiro atoms. The quantitative estimate of drug-likeness (QED) is 0.825. The molecule has 9 heteroatoms. The molecular weight excluding hydrogens is 342 g/mol. The minimum atomic E-state index is -1.23. The molecule has 136 valence electrons. The molecule has 1 unspecified atom stereocenters. The normalized spacial score (nSPS) is 16.0. The molecule has 0 aliphatic carbocycles. The van der Waals surface area contributed by atoms with E-state index < -0.39 is 18.0 Å². The highest BCUT2D eigenvalue weighted by atomic mass is 16.5. The van der Waals surface area contributed by atoms with E-state index in [1.54, 1.807) is 12.1 Å². The highest BCUT2D eigenvalue weighted by molar-refractivity contribution is 5.93. The number of carboxylic acid groups (broad SMARTS) is 1. The number of carboxylic acids is 1. The summed E-state index contributed by atoms with van der Waals surface area (Å²) in [4.78, 5) is 32.5. The van der Waals surface area contributed by atoms with Crippen LogP contribution in [0, 0.1) is 0 Å². The molecule has 1 aromatic carbocycles. The summed E-state index contributed by atoms with van der Waals surface area (Å²) in [5.74, 6) is -0.643. The van der Waals surface area contributed by atoms with Crippen LogP contribution in [0.15, 0.2) is 24.5 Å². The van der Waals surface area contributed by atoms with Crippen LogP contribution in [0.2, 0.25) is 0 Å². The lowest BCUT2D eigenvalue weighted by Crippen LogP contribution is -2.39. The number of nitrogens with zero attached hydrogens (tertiary/aromatic N) is 3. The molecule has 0 bridgehead atoms. The van der Waals surface area contributed by atoms with Crippen molar-refractivity contribution in [3.05, 3.63) is 47.0 Å². The number of β-amino-alcohol motifs (C(OH)–C–C–N with tert-alkyl or cyclic N) is 1. The summed E-state index contributed by atoms with van der Waals surface area (Å²) in [5, 5.41) is 19.4. The molecule has 0 fully saturated rings. The van der Waals surface area contributed by atoms with Crippen molar-refractivity contribution in [2.24, 2.45) is 0 Å². The van der Waals surface area contributed by atoms with Crippen LogP contribution in [-0.4, -0.2) is 57.7 Å². The average molecular weight is 359 g/mol. The summed E-state index contributed by atoms with van der Waals surface area (Å²) in [7, 11) is 3.01. The lowest BCUT2D eigenvalue weighted by Gasteiger charge is -2.33. The highest BCUT2D eigenvalue weighted by Gasteiger charge is 2.32. The number of hydrogen-bond acceptors (Lipinski definition) is 7. The number of aromatic nitrogens is 2. The molecule has 2 aromatic rings. The molecule has 1 aliphatic rings. The molecule has 26 heavy (non-hydrogen) atoms. The summed E-state index contributed by atoms with van der Waals surface area (Å²) in [5.41, 5.74) is 0.974. The summed E-state index contributed by atoms with van der Waals surface area (Å²) in [6, 6.07) is 3.41. The van der Waals surface area contributed by atoms with Gasteiger partial charge in [-0.2, -0.15) is 0 Å². The predicted octanol–water partition coefficient (Wildman–Crippen LogP) is 0.881. The van der Waals surface area contributed by atoms with Crippen LogP contribution < -0.4 is 9.47 Å². The van der Waals surface area contributed by atoms with Crippen LogP contribution in [0.3, 0.4) is 0 Å². The van der Waals surface area contributed by atoms with Crippen LogP contribution >= 0.6 is 0 Å². The zero-order valence-electron chi connectivity index (χ0n) is 14.2. The Hall–Kier alpha value is -3.20. The first-order valence-corrected chi connectivity index (χ1v) is 7.72. The van der Waals surface area contributed by atoms with Gasteiger partial charge in [-0.05, 0) is 12.1 Å². The summed E-state index contributed by atoms with van der Waals surface area (Å²) in [6.07, 6.45) is 1.17. The van der Waals surface area contributed by atoms with Gasteiger partial charge in [0.1, 0.15) is 23.3 Å². The largest absolute Gasteiger partial charge is 0.496 e. The van der Waals surface area contributed by atoms with E-state index in [1.807, 2.05) is 0 Å². The van der Waals surface area contributed by atoms with Crippen molar-refractivity contribution in [3.8, 4) is 11.5 Å². The number of methoxy groups -OCH3 is 2. The third-order valence-corrected chi connectivity index (χ3v) is 4.17. The van der Waals surface area contributed by atoms with Gasteiger partial charge in [-0.25, -0.2) is 14.8 Å². The van der Waals surface area contributed by atoms with Crippen molar-refractivity contribution in [2.45, 2.75) is 12.6 Å². The number of aromatic carboxylic acids is 1. The summed E-state index contributed by atoms with van der Waals surface area (Å²) < 4.78 is 10.6. The van der Waals surface area contributed by atoms with E-state index in [0.29, 0.717) is 22.6 Å². The van der Waals surface area contributed by atoms with Crippen molar-refractivity contribution in [3.63, 3.8) is 0 Å². The maximum absolute atomic E-state index is 12.7. The van der Waals surface area contributed by atoms with Gasteiger partial charge in [-0.1, -0.05) is 0 Å². The van der Waals surface area contributed by atoms with Gasteiger partial charge in [0, 0.05) is 11.1 Å². The molecule has 2 N–H and O–H groups in total. The maximum Gasteiger partial charge on any atom is 0.356 e. The van der Waals surface area contributed by atoms with Gasteiger partial charge in [-0.3, -0.25) is 4.79 Å². The Balaban J connectivity index is 1.92. The van der Waals surface area contributed by atoms with E-state index in [2.05, 4.69) is 9.97 Å². The fourth-order valence-corrected chi connectivity index (χ4v) is 2.94. The Morgan fingerprint density at radius 1 is 1.12 bits per heavy atom. The van der Waals surface area contributed by atoms with Crippen LogP contribution in [0.4, 0.5) is 0 Å². The molecule has 0 saturated heterocycles. The van der Waals surface area contributed by atoms with Gasteiger partial charge in [0.05, 0.1) is 39.7 Å². The van der Waals surface area contributed by atoms with Crippen molar-refractivity contribution in [1.82, 2.24) is 14.9 Å². The van der Waals surface area contributed by atoms with Crippen LogP contribution in [0.5, 0.6) is 11.5 Å². The zero-order chi connectivity index (χ0) is 18.8.